The largest absolute Gasteiger partial charge is 0.396 e. The third-order valence-corrected chi connectivity index (χ3v) is 9.21. The van der Waals surface area contributed by atoms with Crippen molar-refractivity contribution in [3.8, 4) is 0 Å². The van der Waals surface area contributed by atoms with Crippen LogP contribution in [0.15, 0.2) is 0 Å². The summed E-state index contributed by atoms with van der Waals surface area (Å²) in [4.78, 5) is 0. The van der Waals surface area contributed by atoms with Gasteiger partial charge in [-0.3, -0.25) is 0 Å². The van der Waals surface area contributed by atoms with E-state index in [1.807, 2.05) is 13.8 Å². The van der Waals surface area contributed by atoms with E-state index in [1.165, 1.54) is 31.9 Å². The van der Waals surface area contributed by atoms with E-state index in [2.05, 4.69) is 13.8 Å². The number of aliphatic hydroxyl groups excluding tert-OH is 1. The number of aliphatic hydroxyl groups is 1. The molecule has 0 rings (SSSR count). The van der Waals surface area contributed by atoms with Crippen LogP contribution in [-0.2, 0) is 14.6 Å². The van der Waals surface area contributed by atoms with Gasteiger partial charge in [-0.15, -0.1) is 0 Å². The summed E-state index contributed by atoms with van der Waals surface area (Å²) in [7, 11) is -3.01. The van der Waals surface area contributed by atoms with Gasteiger partial charge in [-0.25, -0.2) is 8.42 Å². The van der Waals surface area contributed by atoms with Crippen LogP contribution < -0.4 is 0 Å². The highest BCUT2D eigenvalue weighted by Gasteiger charge is 2.36. The van der Waals surface area contributed by atoms with Crippen LogP contribution >= 0.6 is 0 Å². The molecule has 0 bridgehead atoms. The molecule has 0 spiro atoms. The monoisotopic (exact) mass is 406 g/mol. The zero-order valence-electron chi connectivity index (χ0n) is 18.7. The van der Waals surface area contributed by atoms with Gasteiger partial charge in [0.25, 0.3) is 0 Å². The van der Waals surface area contributed by atoms with E-state index in [1.54, 1.807) is 0 Å². The Morgan fingerprint density at radius 1 is 0.741 bits per heavy atom. The molecule has 0 fully saturated rings. The average Bonchev–Trinajstić information content (AvgIpc) is 2.65. The van der Waals surface area contributed by atoms with Crippen molar-refractivity contribution in [2.24, 2.45) is 5.41 Å². The second-order valence-corrected chi connectivity index (χ2v) is 10.6. The van der Waals surface area contributed by atoms with Gasteiger partial charge in [0.05, 0.1) is 4.75 Å². The van der Waals surface area contributed by atoms with E-state index in [0.717, 1.165) is 51.7 Å². The maximum absolute atomic E-state index is 12.1. The van der Waals surface area contributed by atoms with Crippen LogP contribution in [0.5, 0.6) is 0 Å². The molecule has 0 aliphatic carbocycles. The molecular formula is C22H46O4S. The molecule has 164 valence electrons. The number of rotatable bonds is 18. The fraction of sp³-hybridized carbons (Fsp3) is 1.00. The molecule has 0 saturated heterocycles. The summed E-state index contributed by atoms with van der Waals surface area (Å²) < 4.78 is 29.4. The van der Waals surface area contributed by atoms with Crippen molar-refractivity contribution in [3.05, 3.63) is 0 Å². The first-order valence-electron chi connectivity index (χ1n) is 11.1. The van der Waals surface area contributed by atoms with Crippen LogP contribution in [-0.4, -0.2) is 44.3 Å². The summed E-state index contributed by atoms with van der Waals surface area (Å²) in [6.07, 6.45) is 13.2. The summed E-state index contributed by atoms with van der Waals surface area (Å²) in [5, 5.41) is 9.11. The van der Waals surface area contributed by atoms with Crippen molar-refractivity contribution in [2.75, 3.05) is 26.1 Å². The molecule has 0 heterocycles. The highest BCUT2D eigenvalue weighted by molar-refractivity contribution is 7.92. The van der Waals surface area contributed by atoms with E-state index >= 15 is 0 Å². The highest BCUT2D eigenvalue weighted by Crippen LogP contribution is 2.37. The van der Waals surface area contributed by atoms with E-state index in [-0.39, 0.29) is 0 Å². The quantitative estimate of drug-likeness (QED) is 0.304. The molecule has 0 aromatic rings. The molecule has 0 aromatic carbocycles. The summed E-state index contributed by atoms with van der Waals surface area (Å²) in [6.45, 7) is 10.3. The van der Waals surface area contributed by atoms with Gasteiger partial charge in [-0.05, 0) is 63.2 Å². The summed E-state index contributed by atoms with van der Waals surface area (Å²) in [5.41, 5.74) is 0.387. The SMILES string of the molecule is CCC(CC)(CCCO)CCCCOCCCCC(CC)(CC)S(C)(=O)=O. The molecule has 0 amide bonds. The fourth-order valence-electron chi connectivity index (χ4n) is 4.31. The van der Waals surface area contributed by atoms with E-state index in [9.17, 15) is 8.42 Å². The lowest BCUT2D eigenvalue weighted by Gasteiger charge is -2.32. The smallest absolute Gasteiger partial charge is 0.153 e. The Kier molecular flexibility index (Phi) is 13.9. The van der Waals surface area contributed by atoms with Gasteiger partial charge in [0.15, 0.2) is 9.84 Å². The Morgan fingerprint density at radius 2 is 1.22 bits per heavy atom. The van der Waals surface area contributed by atoms with Gasteiger partial charge < -0.3 is 9.84 Å². The molecule has 0 atom stereocenters. The number of hydrogen-bond acceptors (Lipinski definition) is 4. The van der Waals surface area contributed by atoms with Crippen LogP contribution in [0.4, 0.5) is 0 Å². The van der Waals surface area contributed by atoms with Gasteiger partial charge in [-0.1, -0.05) is 47.0 Å². The zero-order chi connectivity index (χ0) is 20.8. The van der Waals surface area contributed by atoms with Crippen molar-refractivity contribution in [1.82, 2.24) is 0 Å². The fourth-order valence-corrected chi connectivity index (χ4v) is 5.87. The van der Waals surface area contributed by atoms with E-state index < -0.39 is 14.6 Å². The van der Waals surface area contributed by atoms with E-state index in [4.69, 9.17) is 9.84 Å². The predicted molar refractivity (Wildman–Crippen MR) is 116 cm³/mol. The first-order chi connectivity index (χ1) is 12.8. The number of unbranched alkanes of at least 4 members (excludes halogenated alkanes) is 2. The molecule has 0 aliphatic rings. The number of hydrogen-bond donors (Lipinski definition) is 1. The van der Waals surface area contributed by atoms with Crippen LogP contribution in [0.25, 0.3) is 0 Å². The Bertz CT molecular complexity index is 451. The second kappa shape index (κ2) is 13.9. The molecule has 0 aliphatic heterocycles. The molecule has 27 heavy (non-hydrogen) atoms. The summed E-state index contributed by atoms with van der Waals surface area (Å²) in [5.74, 6) is 0. The molecule has 0 saturated carbocycles. The highest BCUT2D eigenvalue weighted by atomic mass is 32.2. The third kappa shape index (κ3) is 9.27. The van der Waals surface area contributed by atoms with Gasteiger partial charge in [0, 0.05) is 26.1 Å². The minimum Gasteiger partial charge on any atom is -0.396 e. The topological polar surface area (TPSA) is 63.6 Å². The lowest BCUT2D eigenvalue weighted by molar-refractivity contribution is 0.117. The maximum Gasteiger partial charge on any atom is 0.153 e. The predicted octanol–water partition coefficient (Wildman–Crippen LogP) is 5.53. The van der Waals surface area contributed by atoms with Crippen molar-refractivity contribution in [1.29, 1.82) is 0 Å². The Hall–Kier alpha value is -0.130. The normalized spacial score (nSPS) is 13.3. The Labute approximate surface area is 169 Å². The molecular weight excluding hydrogens is 360 g/mol. The van der Waals surface area contributed by atoms with E-state index in [0.29, 0.717) is 24.9 Å². The van der Waals surface area contributed by atoms with Crippen molar-refractivity contribution < 1.29 is 18.3 Å². The number of sulfone groups is 1. The van der Waals surface area contributed by atoms with Crippen LogP contribution in [0, 0.1) is 5.41 Å². The molecule has 5 heteroatoms. The Balaban J connectivity index is 3.98. The second-order valence-electron chi connectivity index (χ2n) is 8.22. The van der Waals surface area contributed by atoms with Crippen molar-refractivity contribution in [3.63, 3.8) is 0 Å². The Morgan fingerprint density at radius 3 is 1.63 bits per heavy atom. The van der Waals surface area contributed by atoms with Crippen LogP contribution in [0.2, 0.25) is 0 Å². The first-order valence-corrected chi connectivity index (χ1v) is 13.0. The number of ether oxygens (including phenoxy) is 1. The van der Waals surface area contributed by atoms with Gasteiger partial charge in [0.1, 0.15) is 0 Å². The summed E-state index contributed by atoms with van der Waals surface area (Å²) in [6, 6.07) is 0. The molecule has 1 N–H and O–H groups in total. The molecule has 4 nitrogen and oxygen atoms in total. The van der Waals surface area contributed by atoms with Crippen molar-refractivity contribution >= 4 is 9.84 Å². The average molecular weight is 407 g/mol. The summed E-state index contributed by atoms with van der Waals surface area (Å²) >= 11 is 0. The first kappa shape index (κ1) is 26.9. The minimum atomic E-state index is -3.01. The van der Waals surface area contributed by atoms with Crippen LogP contribution in [0.3, 0.4) is 0 Å². The van der Waals surface area contributed by atoms with Gasteiger partial charge in [0.2, 0.25) is 0 Å². The van der Waals surface area contributed by atoms with Crippen LogP contribution in [0.1, 0.15) is 105 Å². The van der Waals surface area contributed by atoms with Crippen molar-refractivity contribution in [2.45, 2.75) is 109 Å². The standard InChI is InChI=1S/C22H46O4S/c1-6-21(7-2,16-14-18-23)15-10-12-19-26-20-13-11-17-22(8-3,9-4)27(5,24)25/h23H,6-20H2,1-5H3. The third-order valence-electron chi connectivity index (χ3n) is 6.86. The molecule has 0 radical (unpaired) electrons. The van der Waals surface area contributed by atoms with Gasteiger partial charge >= 0.3 is 0 Å². The lowest BCUT2D eigenvalue weighted by atomic mass is 9.74. The molecule has 0 aromatic heterocycles. The molecule has 0 unspecified atom stereocenters. The lowest BCUT2D eigenvalue weighted by Crippen LogP contribution is -2.36. The maximum atomic E-state index is 12.1. The zero-order valence-corrected chi connectivity index (χ0v) is 19.5. The minimum absolute atomic E-state index is 0.293. The van der Waals surface area contributed by atoms with Gasteiger partial charge in [-0.2, -0.15) is 0 Å².